The van der Waals surface area contributed by atoms with E-state index in [4.69, 9.17) is 0 Å². The van der Waals surface area contributed by atoms with E-state index >= 15 is 0 Å². The molecular formula is C41H44N4O10S4. The van der Waals surface area contributed by atoms with Gasteiger partial charge in [0.05, 0.1) is 30.6 Å². The number of carboxylic acids is 1. The van der Waals surface area contributed by atoms with Gasteiger partial charge in [0.15, 0.2) is 0 Å². The summed E-state index contributed by atoms with van der Waals surface area (Å²) in [5, 5.41) is 10.4. The zero-order chi connectivity index (χ0) is 42.0. The largest absolute Gasteiger partial charge is 0.477 e. The lowest BCUT2D eigenvalue weighted by molar-refractivity contribution is 0.0689. The van der Waals surface area contributed by atoms with Crippen LogP contribution in [0.1, 0.15) is 61.9 Å². The van der Waals surface area contributed by atoms with Gasteiger partial charge >= 0.3 is 5.97 Å². The number of aromatic carboxylic acids is 1. The minimum absolute atomic E-state index is 0.0214. The van der Waals surface area contributed by atoms with E-state index in [9.17, 15) is 43.6 Å². The Morgan fingerprint density at radius 1 is 0.441 bits per heavy atom. The zero-order valence-electron chi connectivity index (χ0n) is 32.0. The maximum atomic E-state index is 13.2. The van der Waals surface area contributed by atoms with E-state index in [1.54, 1.807) is 71.0 Å². The van der Waals surface area contributed by atoms with Gasteiger partial charge in [-0.25, -0.2) is 46.4 Å². The van der Waals surface area contributed by atoms with E-state index in [1.807, 2.05) is 0 Å². The average Bonchev–Trinajstić information content (AvgIpc) is 3.57. The average molecular weight is 881 g/mol. The number of sulfonamides is 2. The van der Waals surface area contributed by atoms with Crippen LogP contribution in [0.5, 0.6) is 0 Å². The molecule has 4 heterocycles. The fourth-order valence-electron chi connectivity index (χ4n) is 7.47. The van der Waals surface area contributed by atoms with Crippen molar-refractivity contribution in [2.45, 2.75) is 70.9 Å². The fraction of sp³-hybridized carbons (Fsp3) is 0.293. The maximum Gasteiger partial charge on any atom is 0.353 e. The van der Waals surface area contributed by atoms with Crippen LogP contribution in [0.4, 0.5) is 0 Å². The van der Waals surface area contributed by atoms with Crippen molar-refractivity contribution in [2.24, 2.45) is 0 Å². The van der Waals surface area contributed by atoms with Crippen LogP contribution >= 0.6 is 0 Å². The molecule has 0 unspecified atom stereocenters. The van der Waals surface area contributed by atoms with Crippen molar-refractivity contribution in [1.29, 1.82) is 0 Å². The van der Waals surface area contributed by atoms with E-state index in [-0.39, 0.29) is 30.5 Å². The van der Waals surface area contributed by atoms with Crippen molar-refractivity contribution in [3.8, 4) is 0 Å². The van der Waals surface area contributed by atoms with Gasteiger partial charge in [-0.3, -0.25) is 0 Å². The van der Waals surface area contributed by atoms with Crippen LogP contribution in [-0.2, 0) is 40.1 Å². The summed E-state index contributed by atoms with van der Waals surface area (Å²) in [5.41, 5.74) is 0.109. The first-order valence-corrected chi connectivity index (χ1v) is 25.0. The summed E-state index contributed by atoms with van der Waals surface area (Å²) in [4.78, 5) is 12.2. The molecule has 2 saturated heterocycles. The second-order valence-electron chi connectivity index (χ2n) is 14.4. The first-order chi connectivity index (χ1) is 28.1. The molecule has 18 heteroatoms. The third kappa shape index (κ3) is 8.47. The van der Waals surface area contributed by atoms with Gasteiger partial charge in [0, 0.05) is 43.1 Å². The van der Waals surface area contributed by atoms with Crippen molar-refractivity contribution in [3.05, 3.63) is 121 Å². The van der Waals surface area contributed by atoms with E-state index in [1.165, 1.54) is 56.9 Å². The third-order valence-electron chi connectivity index (χ3n) is 10.6. The molecule has 2 fully saturated rings. The molecule has 2 aliphatic heterocycles. The molecule has 8 rings (SSSR count). The predicted octanol–water partition coefficient (Wildman–Crippen LogP) is 6.58. The second kappa shape index (κ2) is 17.0. The third-order valence-corrected chi connectivity index (χ3v) is 17.8. The summed E-state index contributed by atoms with van der Waals surface area (Å²) in [6.45, 7) is 1.93. The molecular weight excluding hydrogens is 837 g/mol. The van der Waals surface area contributed by atoms with E-state index in [0.717, 1.165) is 55.3 Å². The summed E-state index contributed by atoms with van der Waals surface area (Å²) >= 11 is 0. The standard InChI is InChI=1S/C21H22N2O6S2.C20H22N2O4S2/c24-21(25)20-15-16-14-18(30(26,27)22-12-6-1-2-7-13-22)10-11-19(16)23(20)31(28,29)17-8-4-3-5-9-17;23-27(24,21-13-6-1-2-7-14-21)19-10-11-20-17(16-19)12-15-22(20)28(25,26)18-8-4-3-5-9-18/h3-5,8-11,14-15H,1-2,6-7,12-13H2,(H,24,25);3-5,8-12,15-16H,1-2,6-7,13-14H2. The molecule has 0 saturated carbocycles. The first kappa shape index (κ1) is 42.3. The SMILES string of the molecule is O=C(O)c1cc2cc(S(=O)(=O)N3CCCCCC3)ccc2n1S(=O)(=O)c1ccccc1.O=S(=O)(c1ccc2c(ccn2S(=O)(=O)c2ccccc2)c1)N1CCCCCC1. The zero-order valence-corrected chi connectivity index (χ0v) is 35.3. The highest BCUT2D eigenvalue weighted by Crippen LogP contribution is 2.31. The second-order valence-corrected chi connectivity index (χ2v) is 21.9. The molecule has 59 heavy (non-hydrogen) atoms. The van der Waals surface area contributed by atoms with Gasteiger partial charge < -0.3 is 5.11 Å². The molecule has 4 aromatic carbocycles. The Bertz CT molecular complexity index is 2930. The van der Waals surface area contributed by atoms with Crippen molar-refractivity contribution in [1.82, 2.24) is 16.6 Å². The van der Waals surface area contributed by atoms with Gasteiger partial charge in [-0.15, -0.1) is 0 Å². The number of hydrogen-bond donors (Lipinski definition) is 1. The van der Waals surface area contributed by atoms with Crippen molar-refractivity contribution in [3.63, 3.8) is 0 Å². The Balaban J connectivity index is 0.000000180. The van der Waals surface area contributed by atoms with Gasteiger partial charge in [-0.2, -0.15) is 8.61 Å². The quantitative estimate of drug-likeness (QED) is 0.166. The van der Waals surface area contributed by atoms with E-state index < -0.39 is 51.8 Å². The molecule has 1 N–H and O–H groups in total. The number of aromatic nitrogens is 2. The number of benzene rings is 4. The van der Waals surface area contributed by atoms with Crippen molar-refractivity contribution >= 4 is 67.9 Å². The van der Waals surface area contributed by atoms with Gasteiger partial charge in [0.25, 0.3) is 20.0 Å². The lowest BCUT2D eigenvalue weighted by Gasteiger charge is -2.20. The lowest BCUT2D eigenvalue weighted by atomic mass is 10.2. The summed E-state index contributed by atoms with van der Waals surface area (Å²) in [7, 11) is -15.3. The Morgan fingerprint density at radius 2 is 0.881 bits per heavy atom. The topological polar surface area (TPSA) is 190 Å². The number of carbonyl (C=O) groups is 1. The molecule has 0 aliphatic carbocycles. The Kier molecular flexibility index (Phi) is 12.2. The molecule has 0 amide bonds. The van der Waals surface area contributed by atoms with Crippen LogP contribution in [0.15, 0.2) is 135 Å². The maximum absolute atomic E-state index is 13.2. The molecule has 2 aromatic heterocycles. The highest BCUT2D eigenvalue weighted by atomic mass is 32.2. The van der Waals surface area contributed by atoms with Crippen LogP contribution in [-0.4, -0.2) is 87.5 Å². The molecule has 0 spiro atoms. The molecule has 0 radical (unpaired) electrons. The van der Waals surface area contributed by atoms with Crippen LogP contribution < -0.4 is 0 Å². The first-order valence-electron chi connectivity index (χ1n) is 19.2. The smallest absolute Gasteiger partial charge is 0.353 e. The van der Waals surface area contributed by atoms with Crippen molar-refractivity contribution in [2.75, 3.05) is 26.2 Å². The highest BCUT2D eigenvalue weighted by molar-refractivity contribution is 7.90. The van der Waals surface area contributed by atoms with Gasteiger partial charge in [0.2, 0.25) is 20.0 Å². The van der Waals surface area contributed by atoms with E-state index in [2.05, 4.69) is 0 Å². The van der Waals surface area contributed by atoms with Gasteiger partial charge in [-0.1, -0.05) is 62.1 Å². The molecule has 0 bridgehead atoms. The van der Waals surface area contributed by atoms with Gasteiger partial charge in [0.1, 0.15) is 5.69 Å². The summed E-state index contributed by atoms with van der Waals surface area (Å²) in [6.07, 6.45) is 8.83. The van der Waals surface area contributed by atoms with Crippen LogP contribution in [0, 0.1) is 0 Å². The summed E-state index contributed by atoms with van der Waals surface area (Å²) in [5.74, 6) is -1.42. The lowest BCUT2D eigenvalue weighted by Crippen LogP contribution is -2.31. The Morgan fingerprint density at radius 3 is 1.36 bits per heavy atom. The van der Waals surface area contributed by atoms with Crippen molar-refractivity contribution < 1.29 is 43.6 Å². The normalized spacial score (nSPS) is 16.5. The van der Waals surface area contributed by atoms with Crippen LogP contribution in [0.25, 0.3) is 21.8 Å². The van der Waals surface area contributed by atoms with E-state index in [0.29, 0.717) is 37.1 Å². The fourth-order valence-corrected chi connectivity index (χ4v) is 13.5. The number of rotatable bonds is 9. The molecule has 2 aliphatic rings. The molecule has 0 atom stereocenters. The predicted molar refractivity (Wildman–Crippen MR) is 223 cm³/mol. The molecule has 312 valence electrons. The number of hydrogen-bond acceptors (Lipinski definition) is 9. The van der Waals surface area contributed by atoms with Crippen LogP contribution in [0.2, 0.25) is 0 Å². The molecule has 14 nitrogen and oxygen atoms in total. The minimum atomic E-state index is -4.20. The number of nitrogens with zero attached hydrogens (tertiary/aromatic N) is 4. The Labute approximate surface area is 344 Å². The summed E-state index contributed by atoms with van der Waals surface area (Å²) in [6, 6.07) is 27.2. The monoisotopic (exact) mass is 880 g/mol. The van der Waals surface area contributed by atoms with Gasteiger partial charge in [-0.05, 0) is 98.5 Å². The highest BCUT2D eigenvalue weighted by Gasteiger charge is 2.30. The number of carboxylic acid groups (broad SMARTS) is 1. The van der Waals surface area contributed by atoms with Crippen LogP contribution in [0.3, 0.4) is 0 Å². The minimum Gasteiger partial charge on any atom is -0.477 e. The summed E-state index contributed by atoms with van der Waals surface area (Å²) < 4.78 is 109. The Hall–Kier alpha value is -4.85. The number of fused-ring (bicyclic) bond motifs is 2. The molecule has 6 aromatic rings.